The Bertz CT molecular complexity index is 628. The quantitative estimate of drug-likeness (QED) is 0.761. The largest absolute Gasteiger partial charge is 0.331 e. The molecule has 1 aromatic carbocycles. The maximum atomic E-state index is 12.6. The van der Waals surface area contributed by atoms with Crippen molar-refractivity contribution in [2.75, 3.05) is 31.8 Å². The lowest BCUT2D eigenvalue weighted by molar-refractivity contribution is -0.118. The molecule has 0 fully saturated rings. The van der Waals surface area contributed by atoms with Gasteiger partial charge in [0, 0.05) is 43.3 Å². The van der Waals surface area contributed by atoms with E-state index in [0.717, 1.165) is 11.3 Å². The molecule has 0 saturated carbocycles. The van der Waals surface area contributed by atoms with E-state index in [4.69, 9.17) is 20.6 Å². The van der Waals surface area contributed by atoms with Crippen LogP contribution in [0.5, 0.6) is 0 Å². The van der Waals surface area contributed by atoms with Crippen LogP contribution in [-0.4, -0.2) is 32.8 Å². The minimum absolute atomic E-state index is 0.0110. The molecule has 2 rings (SSSR count). The lowest BCUT2D eigenvalue weighted by Gasteiger charge is -2.28. The Morgan fingerprint density at radius 1 is 1.41 bits per heavy atom. The Balaban J connectivity index is 2.48. The molecule has 1 atom stereocenters. The summed E-state index contributed by atoms with van der Waals surface area (Å²) in [6, 6.07) is 5.44. The normalized spacial score (nSPS) is 21.0. The average molecular weight is 346 g/mol. The number of nitrogens with zero attached hydrogens (tertiary/aromatic N) is 1. The van der Waals surface area contributed by atoms with Crippen molar-refractivity contribution in [3.05, 3.63) is 28.8 Å². The zero-order valence-electron chi connectivity index (χ0n) is 13.3. The van der Waals surface area contributed by atoms with Crippen molar-refractivity contribution in [1.82, 2.24) is 0 Å². The van der Waals surface area contributed by atoms with E-state index in [1.165, 1.54) is 14.2 Å². The van der Waals surface area contributed by atoms with Crippen molar-refractivity contribution >= 4 is 30.8 Å². The lowest BCUT2D eigenvalue weighted by Crippen LogP contribution is -2.37. The van der Waals surface area contributed by atoms with Gasteiger partial charge < -0.3 is 13.9 Å². The van der Waals surface area contributed by atoms with E-state index in [0.29, 0.717) is 18.0 Å². The zero-order chi connectivity index (χ0) is 16.5. The van der Waals surface area contributed by atoms with Crippen molar-refractivity contribution in [1.29, 1.82) is 0 Å². The van der Waals surface area contributed by atoms with Crippen LogP contribution < -0.4 is 4.90 Å². The Kier molecular flexibility index (Phi) is 5.03. The summed E-state index contributed by atoms with van der Waals surface area (Å²) < 4.78 is 22.7. The van der Waals surface area contributed by atoms with Crippen LogP contribution >= 0.6 is 19.2 Å². The number of rotatable bonds is 5. The minimum atomic E-state index is -3.20. The molecule has 1 amide bonds. The molecule has 5 nitrogen and oxygen atoms in total. The van der Waals surface area contributed by atoms with E-state index < -0.39 is 13.0 Å². The zero-order valence-corrected chi connectivity index (χ0v) is 14.9. The van der Waals surface area contributed by atoms with Gasteiger partial charge in [-0.25, -0.2) is 0 Å². The maximum Gasteiger partial charge on any atom is 0.331 e. The van der Waals surface area contributed by atoms with Gasteiger partial charge in [0.25, 0.3) is 0 Å². The van der Waals surface area contributed by atoms with Crippen LogP contribution in [0.25, 0.3) is 0 Å². The standard InChI is InChI=1S/C15H21ClNO4P/c1-5-14(18)17-9-15(2,10-22(19,20-3)21-4)12-7-6-11(16)8-13(12)17/h6-8H,5,9-10H2,1-4H3. The number of carbonyl (C=O) groups excluding carboxylic acids is 1. The van der Waals surface area contributed by atoms with Gasteiger partial charge in [-0.3, -0.25) is 9.36 Å². The van der Waals surface area contributed by atoms with Crippen LogP contribution in [-0.2, 0) is 23.8 Å². The van der Waals surface area contributed by atoms with E-state index in [1.807, 2.05) is 19.9 Å². The fraction of sp³-hybridized carbons (Fsp3) is 0.533. The second kappa shape index (κ2) is 6.32. The van der Waals surface area contributed by atoms with Crippen molar-refractivity contribution in [3.8, 4) is 0 Å². The molecule has 0 aliphatic carbocycles. The SMILES string of the molecule is CCC(=O)N1CC(C)(CP(=O)(OC)OC)c2ccc(Cl)cc21. The number of hydrogen-bond donors (Lipinski definition) is 0. The molecule has 1 heterocycles. The molecule has 1 unspecified atom stereocenters. The highest BCUT2D eigenvalue weighted by Gasteiger charge is 2.45. The second-order valence-corrected chi connectivity index (χ2v) is 8.39. The number of carbonyl (C=O) groups is 1. The summed E-state index contributed by atoms with van der Waals surface area (Å²) in [5.74, 6) is 0.0110. The van der Waals surface area contributed by atoms with Crippen molar-refractivity contribution < 1.29 is 18.4 Å². The monoisotopic (exact) mass is 345 g/mol. The molecular weight excluding hydrogens is 325 g/mol. The van der Waals surface area contributed by atoms with E-state index in [1.54, 1.807) is 17.0 Å². The average Bonchev–Trinajstić information content (AvgIpc) is 2.78. The molecule has 1 aromatic rings. The third kappa shape index (κ3) is 3.09. The number of halogens is 1. The van der Waals surface area contributed by atoms with Crippen molar-refractivity contribution in [3.63, 3.8) is 0 Å². The molecule has 7 heteroatoms. The van der Waals surface area contributed by atoms with Gasteiger partial charge in [-0.2, -0.15) is 0 Å². The third-order valence-electron chi connectivity index (χ3n) is 4.11. The van der Waals surface area contributed by atoms with E-state index in [-0.39, 0.29) is 12.1 Å². The molecule has 1 aliphatic rings. The molecule has 0 bridgehead atoms. The molecule has 0 spiro atoms. The summed E-state index contributed by atoms with van der Waals surface area (Å²) in [6.45, 7) is 4.22. The summed E-state index contributed by atoms with van der Waals surface area (Å²) in [5.41, 5.74) is 1.21. The molecule has 22 heavy (non-hydrogen) atoms. The predicted octanol–water partition coefficient (Wildman–Crippen LogP) is 3.84. The Morgan fingerprint density at radius 3 is 2.59 bits per heavy atom. The van der Waals surface area contributed by atoms with Gasteiger partial charge >= 0.3 is 7.60 Å². The van der Waals surface area contributed by atoms with Crippen molar-refractivity contribution in [2.45, 2.75) is 25.7 Å². The summed E-state index contributed by atoms with van der Waals surface area (Å²) in [5, 5.41) is 0.568. The van der Waals surface area contributed by atoms with Gasteiger partial charge in [0.05, 0.1) is 6.16 Å². The van der Waals surface area contributed by atoms with E-state index >= 15 is 0 Å². The molecule has 122 valence electrons. The summed E-state index contributed by atoms with van der Waals surface area (Å²) in [6.07, 6.45) is 0.601. The second-order valence-electron chi connectivity index (χ2n) is 5.69. The molecule has 0 N–H and O–H groups in total. The first-order valence-corrected chi connectivity index (χ1v) is 9.20. The maximum absolute atomic E-state index is 12.6. The molecular formula is C15H21ClNO4P. The number of benzene rings is 1. The van der Waals surface area contributed by atoms with Gasteiger partial charge in [0.2, 0.25) is 5.91 Å². The highest BCUT2D eigenvalue weighted by Crippen LogP contribution is 2.55. The summed E-state index contributed by atoms with van der Waals surface area (Å²) in [7, 11) is -0.449. The highest BCUT2D eigenvalue weighted by atomic mass is 35.5. The number of hydrogen-bond acceptors (Lipinski definition) is 4. The number of anilines is 1. The topological polar surface area (TPSA) is 55.8 Å². The van der Waals surface area contributed by atoms with Gasteiger partial charge in [0.15, 0.2) is 0 Å². The van der Waals surface area contributed by atoms with Crippen LogP contribution in [0.3, 0.4) is 0 Å². The first-order valence-electron chi connectivity index (χ1n) is 7.09. The van der Waals surface area contributed by atoms with Crippen LogP contribution in [0.4, 0.5) is 5.69 Å². The third-order valence-corrected chi connectivity index (χ3v) is 6.54. The van der Waals surface area contributed by atoms with E-state index in [9.17, 15) is 9.36 Å². The smallest absolute Gasteiger partial charge is 0.312 e. The van der Waals surface area contributed by atoms with Crippen LogP contribution in [0.1, 0.15) is 25.8 Å². The minimum Gasteiger partial charge on any atom is -0.312 e. The number of fused-ring (bicyclic) bond motifs is 1. The molecule has 1 aliphatic heterocycles. The van der Waals surface area contributed by atoms with Gasteiger partial charge in [0.1, 0.15) is 0 Å². The van der Waals surface area contributed by atoms with Gasteiger partial charge in [-0.05, 0) is 17.7 Å². The Labute approximate surface area is 136 Å². The van der Waals surface area contributed by atoms with Crippen LogP contribution in [0.2, 0.25) is 5.02 Å². The van der Waals surface area contributed by atoms with Crippen LogP contribution in [0, 0.1) is 0 Å². The fourth-order valence-corrected chi connectivity index (χ4v) is 4.64. The van der Waals surface area contributed by atoms with Gasteiger partial charge in [-0.1, -0.05) is 31.5 Å². The van der Waals surface area contributed by atoms with Crippen LogP contribution in [0.15, 0.2) is 18.2 Å². The Morgan fingerprint density at radius 2 is 2.05 bits per heavy atom. The molecule has 0 radical (unpaired) electrons. The first-order chi connectivity index (χ1) is 10.3. The summed E-state index contributed by atoms with van der Waals surface area (Å²) >= 11 is 6.08. The Hall–Kier alpha value is -0.870. The van der Waals surface area contributed by atoms with E-state index in [2.05, 4.69) is 0 Å². The van der Waals surface area contributed by atoms with Crippen molar-refractivity contribution in [2.24, 2.45) is 0 Å². The fourth-order valence-electron chi connectivity index (χ4n) is 2.94. The summed E-state index contributed by atoms with van der Waals surface area (Å²) in [4.78, 5) is 13.9. The molecule has 0 aromatic heterocycles. The first kappa shape index (κ1) is 17.5. The molecule has 0 saturated heterocycles. The number of amides is 1. The van der Waals surface area contributed by atoms with Gasteiger partial charge in [-0.15, -0.1) is 0 Å². The lowest BCUT2D eigenvalue weighted by atomic mass is 9.87. The highest BCUT2D eigenvalue weighted by molar-refractivity contribution is 7.53. The predicted molar refractivity (Wildman–Crippen MR) is 87.9 cm³/mol.